The van der Waals surface area contributed by atoms with Crippen LogP contribution in [0.4, 0.5) is 0 Å². The van der Waals surface area contributed by atoms with Crippen LogP contribution < -0.4 is 4.74 Å². The molecule has 38 heavy (non-hydrogen) atoms. The van der Waals surface area contributed by atoms with Crippen molar-refractivity contribution in [2.75, 3.05) is 20.3 Å². The van der Waals surface area contributed by atoms with Crippen molar-refractivity contribution < 1.29 is 23.9 Å². The summed E-state index contributed by atoms with van der Waals surface area (Å²) in [5.74, 6) is -1.38. The van der Waals surface area contributed by atoms with Crippen molar-refractivity contribution in [3.05, 3.63) is 82.0 Å². The summed E-state index contributed by atoms with van der Waals surface area (Å²) >= 11 is 6.38. The second kappa shape index (κ2) is 11.2. The number of ether oxygens (including phenoxy) is 2. The third-order valence-electron chi connectivity index (χ3n) is 5.93. The monoisotopic (exact) mass is 530 g/mol. The highest BCUT2D eigenvalue weighted by atomic mass is 35.5. The minimum Gasteiger partial charge on any atom is -0.495 e. The van der Waals surface area contributed by atoms with Gasteiger partial charge in [0.1, 0.15) is 29.7 Å². The Bertz CT molecular complexity index is 1530. The lowest BCUT2D eigenvalue weighted by Gasteiger charge is -2.27. The van der Waals surface area contributed by atoms with Crippen LogP contribution in [-0.4, -0.2) is 52.7 Å². The number of nitriles is 1. The fourth-order valence-electron chi connectivity index (χ4n) is 4.01. The first-order chi connectivity index (χ1) is 18.2. The molecule has 0 saturated heterocycles. The normalized spacial score (nSPS) is 14.6. The molecule has 1 aliphatic heterocycles. The predicted octanol–water partition coefficient (Wildman–Crippen LogP) is 4.36. The number of rotatable bonds is 7. The summed E-state index contributed by atoms with van der Waals surface area (Å²) in [6.07, 6.45) is 3.35. The minimum atomic E-state index is -0.735. The maximum absolute atomic E-state index is 13.4. The fourth-order valence-corrected chi connectivity index (χ4v) is 4.27. The van der Waals surface area contributed by atoms with E-state index in [2.05, 4.69) is 0 Å². The van der Waals surface area contributed by atoms with E-state index in [1.54, 1.807) is 42.1 Å². The van der Waals surface area contributed by atoms with Crippen molar-refractivity contribution in [1.82, 2.24) is 14.7 Å². The number of para-hydroxylation sites is 1. The summed E-state index contributed by atoms with van der Waals surface area (Å²) in [5.41, 5.74) is 2.78. The van der Waals surface area contributed by atoms with Crippen molar-refractivity contribution in [1.29, 1.82) is 5.26 Å². The molecule has 2 amide bonds. The highest BCUT2D eigenvalue weighted by Gasteiger charge is 2.35. The molecule has 0 bridgehead atoms. The van der Waals surface area contributed by atoms with Crippen LogP contribution in [-0.2, 0) is 19.1 Å². The van der Waals surface area contributed by atoms with E-state index >= 15 is 0 Å². The third kappa shape index (κ3) is 5.21. The molecular weight excluding hydrogens is 508 g/mol. The number of benzene rings is 2. The maximum atomic E-state index is 13.4. The van der Waals surface area contributed by atoms with Crippen LogP contribution in [0.2, 0.25) is 5.02 Å². The molecule has 0 unspecified atom stereocenters. The predicted molar refractivity (Wildman–Crippen MR) is 140 cm³/mol. The smallest absolute Gasteiger partial charge is 0.302 e. The largest absolute Gasteiger partial charge is 0.495 e. The quantitative estimate of drug-likeness (QED) is 0.253. The number of imide groups is 1. The van der Waals surface area contributed by atoms with Gasteiger partial charge in [-0.3, -0.25) is 19.3 Å². The summed E-state index contributed by atoms with van der Waals surface area (Å²) in [6.45, 7) is 2.42. The highest BCUT2D eigenvalue weighted by Crippen LogP contribution is 2.34. The Hall–Kier alpha value is -4.68. The number of esters is 1. The summed E-state index contributed by atoms with van der Waals surface area (Å²) in [7, 11) is 1.52. The zero-order chi connectivity index (χ0) is 27.4. The molecule has 3 aromatic rings. The highest BCUT2D eigenvalue weighted by molar-refractivity contribution is 6.32. The van der Waals surface area contributed by atoms with E-state index in [4.69, 9.17) is 26.2 Å². The van der Waals surface area contributed by atoms with E-state index < -0.39 is 17.8 Å². The second-order valence-corrected chi connectivity index (χ2v) is 8.74. The Morgan fingerprint density at radius 1 is 1.16 bits per heavy atom. The first-order valence-corrected chi connectivity index (χ1v) is 11.9. The molecule has 2 aromatic carbocycles. The van der Waals surface area contributed by atoms with Gasteiger partial charge in [-0.1, -0.05) is 29.8 Å². The zero-order valence-corrected chi connectivity index (χ0v) is 21.7. The number of carbonyl (C=O) groups excluding carboxylic acids is 3. The van der Waals surface area contributed by atoms with Gasteiger partial charge in [-0.15, -0.1) is 0 Å². The molecule has 0 radical (unpaired) electrons. The molecule has 9 nitrogen and oxygen atoms in total. The Morgan fingerprint density at radius 3 is 2.53 bits per heavy atom. The van der Waals surface area contributed by atoms with Gasteiger partial charge in [-0.05, 0) is 48.9 Å². The molecule has 192 valence electrons. The Kier molecular flexibility index (Phi) is 7.74. The number of hydrogen-bond donors (Lipinski definition) is 0. The Balaban J connectivity index is 1.86. The molecule has 0 aliphatic carbocycles. The van der Waals surface area contributed by atoms with Crippen LogP contribution in [0.5, 0.6) is 5.75 Å². The number of nitrogens with zero attached hydrogens (tertiary/aromatic N) is 4. The molecule has 0 atom stereocenters. The summed E-state index contributed by atoms with van der Waals surface area (Å²) in [4.78, 5) is 38.4. The van der Waals surface area contributed by atoms with Crippen molar-refractivity contribution >= 4 is 35.5 Å². The van der Waals surface area contributed by atoms with Crippen LogP contribution in [0, 0.1) is 11.3 Å². The van der Waals surface area contributed by atoms with Gasteiger partial charge in [-0.2, -0.15) is 10.4 Å². The van der Waals surface area contributed by atoms with Crippen LogP contribution in [0.15, 0.2) is 71.4 Å². The lowest BCUT2D eigenvalue weighted by Crippen LogP contribution is -2.44. The van der Waals surface area contributed by atoms with Crippen LogP contribution in [0.1, 0.15) is 19.4 Å². The van der Waals surface area contributed by atoms with E-state index in [0.717, 1.165) is 10.6 Å². The summed E-state index contributed by atoms with van der Waals surface area (Å²) in [6, 6.07) is 16.5. The van der Waals surface area contributed by atoms with Gasteiger partial charge in [0, 0.05) is 29.8 Å². The molecule has 0 N–H and O–H groups in total. The van der Waals surface area contributed by atoms with E-state index in [-0.39, 0.29) is 29.9 Å². The van der Waals surface area contributed by atoms with E-state index in [9.17, 15) is 19.6 Å². The van der Waals surface area contributed by atoms with Gasteiger partial charge in [0.25, 0.3) is 11.8 Å². The third-order valence-corrected chi connectivity index (χ3v) is 6.23. The first kappa shape index (κ1) is 26.4. The van der Waals surface area contributed by atoms with Gasteiger partial charge in [-0.25, -0.2) is 4.68 Å². The molecule has 4 rings (SSSR count). The topological polar surface area (TPSA) is 115 Å². The van der Waals surface area contributed by atoms with Crippen molar-refractivity contribution in [3.8, 4) is 28.8 Å². The number of aromatic nitrogens is 2. The van der Waals surface area contributed by atoms with Gasteiger partial charge in [0.2, 0.25) is 0 Å². The number of amides is 2. The van der Waals surface area contributed by atoms with Crippen LogP contribution in [0.25, 0.3) is 23.0 Å². The molecule has 10 heteroatoms. The summed E-state index contributed by atoms with van der Waals surface area (Å²) < 4.78 is 11.8. The SMILES string of the molecule is COc1ccc(-c2nn(-c3ccccc3)cc2/C=C2/C(=O)N(CCOC(C)=O)C(=O)C(C#N)=C2C)cc1Cl. The summed E-state index contributed by atoms with van der Waals surface area (Å²) in [5, 5.41) is 14.8. The van der Waals surface area contributed by atoms with Crippen molar-refractivity contribution in [2.45, 2.75) is 13.8 Å². The molecule has 2 heterocycles. The van der Waals surface area contributed by atoms with E-state index in [1.165, 1.54) is 14.0 Å². The van der Waals surface area contributed by atoms with Crippen molar-refractivity contribution in [3.63, 3.8) is 0 Å². The van der Waals surface area contributed by atoms with E-state index in [0.29, 0.717) is 27.6 Å². The fraction of sp³-hybridized carbons (Fsp3) is 0.179. The molecular formula is C28H23ClN4O5. The molecule has 1 aromatic heterocycles. The molecule has 0 saturated carbocycles. The van der Waals surface area contributed by atoms with Gasteiger partial charge < -0.3 is 9.47 Å². The molecule has 0 fully saturated rings. The van der Waals surface area contributed by atoms with Gasteiger partial charge in [0.15, 0.2) is 0 Å². The lowest BCUT2D eigenvalue weighted by molar-refractivity contribution is -0.147. The average Bonchev–Trinajstić information content (AvgIpc) is 3.33. The van der Waals surface area contributed by atoms with Crippen molar-refractivity contribution in [2.24, 2.45) is 0 Å². The standard InChI is InChI=1S/C28H23ClN4O5/c1-17-22(27(35)32(11-12-38-18(2)34)28(36)23(17)15-30)13-20-16-33(21-7-5-4-6-8-21)31-26(20)19-9-10-25(37-3)24(29)14-19/h4-10,13-14,16H,11-12H2,1-3H3/b22-13+. The first-order valence-electron chi connectivity index (χ1n) is 11.6. The number of halogens is 1. The lowest BCUT2D eigenvalue weighted by atomic mass is 9.93. The minimum absolute atomic E-state index is 0.150. The molecule has 1 aliphatic rings. The number of hydrogen-bond acceptors (Lipinski definition) is 7. The number of methoxy groups -OCH3 is 1. The maximum Gasteiger partial charge on any atom is 0.302 e. The molecule has 0 spiro atoms. The second-order valence-electron chi connectivity index (χ2n) is 8.33. The number of carbonyl (C=O) groups is 3. The Labute approximate surface area is 224 Å². The van der Waals surface area contributed by atoms with Gasteiger partial charge in [0.05, 0.1) is 24.4 Å². The zero-order valence-electron chi connectivity index (χ0n) is 20.9. The van der Waals surface area contributed by atoms with Crippen LogP contribution in [0.3, 0.4) is 0 Å². The van der Waals surface area contributed by atoms with E-state index in [1.807, 2.05) is 36.4 Å². The van der Waals surface area contributed by atoms with Crippen LogP contribution >= 0.6 is 11.6 Å². The van der Waals surface area contributed by atoms with Gasteiger partial charge >= 0.3 is 5.97 Å². The Morgan fingerprint density at radius 2 is 1.89 bits per heavy atom. The average molecular weight is 531 g/mol.